The molecule has 0 saturated carbocycles. The number of sulfone groups is 1. The monoisotopic (exact) mass is 276 g/mol. The van der Waals surface area contributed by atoms with Crippen molar-refractivity contribution in [1.29, 1.82) is 0 Å². The van der Waals surface area contributed by atoms with Crippen LogP contribution < -0.4 is 0 Å². The maximum Gasteiger partial charge on any atom is 0.193 e. The van der Waals surface area contributed by atoms with Crippen LogP contribution in [0.1, 0.15) is 11.6 Å². The van der Waals surface area contributed by atoms with E-state index >= 15 is 0 Å². The van der Waals surface area contributed by atoms with Gasteiger partial charge in [0.05, 0.1) is 0 Å². The highest BCUT2D eigenvalue weighted by Gasteiger charge is 2.01. The molecule has 0 aliphatic carbocycles. The summed E-state index contributed by atoms with van der Waals surface area (Å²) in [7, 11) is -3.54. The third-order valence-electron chi connectivity index (χ3n) is 1.84. The molecule has 19 heavy (non-hydrogen) atoms. The fraction of sp³-hybridized carbons (Fsp3) is 0. The predicted octanol–water partition coefficient (Wildman–Crippen LogP) is 0.113. The smallest absolute Gasteiger partial charge is 0.193 e. The minimum atomic E-state index is -3.54. The molecule has 96 valence electrons. The number of rotatable bonds is 4. The van der Waals surface area contributed by atoms with E-state index in [1.54, 1.807) is 0 Å². The van der Waals surface area contributed by atoms with Gasteiger partial charge in [0.25, 0.3) is 0 Å². The Morgan fingerprint density at radius 3 is 1.47 bits per heavy atom. The molecule has 0 aliphatic heterocycles. The van der Waals surface area contributed by atoms with E-state index in [-0.39, 0.29) is 11.6 Å². The number of aromatic nitrogens is 6. The standard InChI is InChI=1S/C10H8N6O2S/c17-19(18,3-1-9-13-5-11-6-14-9)4-2-10-15-7-12-8-16-10/h1-8H. The quantitative estimate of drug-likeness (QED) is 0.773. The van der Waals surface area contributed by atoms with Gasteiger partial charge in [-0.25, -0.2) is 38.3 Å². The van der Waals surface area contributed by atoms with Crippen LogP contribution in [0.3, 0.4) is 0 Å². The third-order valence-corrected chi connectivity index (χ3v) is 2.87. The van der Waals surface area contributed by atoms with E-state index in [9.17, 15) is 8.42 Å². The molecule has 0 spiro atoms. The zero-order valence-electron chi connectivity index (χ0n) is 9.53. The zero-order chi connectivity index (χ0) is 13.6. The van der Waals surface area contributed by atoms with Crippen LogP contribution in [0.25, 0.3) is 12.2 Å². The second kappa shape index (κ2) is 5.87. The molecule has 2 rings (SSSR count). The van der Waals surface area contributed by atoms with Crippen molar-refractivity contribution in [2.45, 2.75) is 0 Å². The van der Waals surface area contributed by atoms with Crippen LogP contribution in [-0.2, 0) is 9.84 Å². The lowest BCUT2D eigenvalue weighted by Crippen LogP contribution is -1.92. The van der Waals surface area contributed by atoms with Crippen molar-refractivity contribution in [3.8, 4) is 0 Å². The lowest BCUT2D eigenvalue weighted by atomic mass is 10.6. The molecule has 2 aromatic heterocycles. The van der Waals surface area contributed by atoms with Crippen LogP contribution in [0.4, 0.5) is 0 Å². The van der Waals surface area contributed by atoms with Gasteiger partial charge in [-0.15, -0.1) is 0 Å². The lowest BCUT2D eigenvalue weighted by Gasteiger charge is -1.91. The van der Waals surface area contributed by atoms with Gasteiger partial charge in [0.1, 0.15) is 25.3 Å². The molecule has 0 bridgehead atoms. The molecule has 0 aliphatic rings. The van der Waals surface area contributed by atoms with Crippen molar-refractivity contribution < 1.29 is 8.42 Å². The van der Waals surface area contributed by atoms with Crippen LogP contribution in [0.15, 0.2) is 36.1 Å². The first kappa shape index (κ1) is 12.9. The molecule has 0 unspecified atom stereocenters. The van der Waals surface area contributed by atoms with Crippen molar-refractivity contribution in [3.05, 3.63) is 47.8 Å². The SMILES string of the molecule is O=S(=O)(C=Cc1ncncn1)C=Cc1ncncn1. The van der Waals surface area contributed by atoms with Gasteiger partial charge in [0.15, 0.2) is 21.5 Å². The van der Waals surface area contributed by atoms with Gasteiger partial charge in [-0.3, -0.25) is 0 Å². The van der Waals surface area contributed by atoms with E-state index < -0.39 is 9.84 Å². The summed E-state index contributed by atoms with van der Waals surface area (Å²) in [6, 6.07) is 0. The second-order valence-electron chi connectivity index (χ2n) is 3.19. The Morgan fingerprint density at radius 1 is 0.737 bits per heavy atom. The molecular formula is C10H8N6O2S. The summed E-state index contributed by atoms with van der Waals surface area (Å²) in [5, 5.41) is 1.97. The first-order valence-corrected chi connectivity index (χ1v) is 6.62. The highest BCUT2D eigenvalue weighted by Crippen LogP contribution is 2.02. The maximum atomic E-state index is 11.7. The highest BCUT2D eigenvalue weighted by molar-refractivity contribution is 7.97. The van der Waals surface area contributed by atoms with Gasteiger partial charge in [0.2, 0.25) is 0 Å². The van der Waals surface area contributed by atoms with Crippen LogP contribution in [-0.4, -0.2) is 38.3 Å². The maximum absolute atomic E-state index is 11.7. The van der Waals surface area contributed by atoms with Crippen molar-refractivity contribution in [1.82, 2.24) is 29.9 Å². The summed E-state index contributed by atoms with van der Waals surface area (Å²) in [5.41, 5.74) is 0. The van der Waals surface area contributed by atoms with Crippen LogP contribution in [0, 0.1) is 0 Å². The van der Waals surface area contributed by atoms with E-state index in [0.717, 1.165) is 10.8 Å². The van der Waals surface area contributed by atoms with E-state index in [1.807, 2.05) is 0 Å². The summed E-state index contributed by atoms with van der Waals surface area (Å²) >= 11 is 0. The Morgan fingerprint density at radius 2 is 1.11 bits per heavy atom. The predicted molar refractivity (Wildman–Crippen MR) is 66.6 cm³/mol. The molecule has 0 amide bonds. The van der Waals surface area contributed by atoms with Gasteiger partial charge >= 0.3 is 0 Å². The lowest BCUT2D eigenvalue weighted by molar-refractivity contribution is 0.613. The first-order chi connectivity index (χ1) is 9.16. The largest absolute Gasteiger partial charge is 0.225 e. The minimum Gasteiger partial charge on any atom is -0.225 e. The Balaban J connectivity index is 2.12. The number of nitrogens with zero attached hydrogens (tertiary/aromatic N) is 6. The molecule has 2 heterocycles. The highest BCUT2D eigenvalue weighted by atomic mass is 32.2. The Bertz CT molecular complexity index is 629. The Kier molecular flexibility index (Phi) is 3.98. The van der Waals surface area contributed by atoms with Crippen molar-refractivity contribution in [2.24, 2.45) is 0 Å². The molecule has 0 aromatic carbocycles. The van der Waals surface area contributed by atoms with Gasteiger partial charge in [-0.05, 0) is 12.2 Å². The second-order valence-corrected chi connectivity index (χ2v) is 4.91. The Labute approximate surface area is 109 Å². The fourth-order valence-electron chi connectivity index (χ4n) is 1.03. The van der Waals surface area contributed by atoms with Gasteiger partial charge < -0.3 is 0 Å². The average Bonchev–Trinajstić information content (AvgIpc) is 2.46. The van der Waals surface area contributed by atoms with Crippen LogP contribution in [0.5, 0.6) is 0 Å². The van der Waals surface area contributed by atoms with Crippen molar-refractivity contribution in [3.63, 3.8) is 0 Å². The fourth-order valence-corrected chi connectivity index (χ4v) is 1.74. The van der Waals surface area contributed by atoms with Gasteiger partial charge in [-0.1, -0.05) is 0 Å². The first-order valence-electron chi connectivity index (χ1n) is 5.01. The number of hydrogen-bond acceptors (Lipinski definition) is 8. The van der Waals surface area contributed by atoms with E-state index in [4.69, 9.17) is 0 Å². The average molecular weight is 276 g/mol. The molecule has 2 aromatic rings. The molecule has 0 fully saturated rings. The van der Waals surface area contributed by atoms with Crippen molar-refractivity contribution in [2.75, 3.05) is 0 Å². The van der Waals surface area contributed by atoms with E-state index in [1.165, 1.54) is 37.5 Å². The van der Waals surface area contributed by atoms with Crippen LogP contribution in [0.2, 0.25) is 0 Å². The van der Waals surface area contributed by atoms with E-state index in [0.29, 0.717) is 0 Å². The normalized spacial score (nSPS) is 12.2. The zero-order valence-corrected chi connectivity index (χ0v) is 10.3. The summed E-state index contributed by atoms with van der Waals surface area (Å²) in [5.74, 6) is 0.513. The summed E-state index contributed by atoms with van der Waals surface area (Å²) in [4.78, 5) is 22.3. The summed E-state index contributed by atoms with van der Waals surface area (Å²) in [6.45, 7) is 0. The minimum absolute atomic E-state index is 0.257. The van der Waals surface area contributed by atoms with Crippen molar-refractivity contribution >= 4 is 22.0 Å². The molecule has 0 radical (unpaired) electrons. The number of hydrogen-bond donors (Lipinski definition) is 0. The molecule has 0 N–H and O–H groups in total. The Hall–Kier alpha value is -2.55. The molecule has 0 saturated heterocycles. The van der Waals surface area contributed by atoms with E-state index in [2.05, 4.69) is 29.9 Å². The molecule has 0 atom stereocenters. The van der Waals surface area contributed by atoms with Gasteiger partial charge in [-0.2, -0.15) is 0 Å². The topological polar surface area (TPSA) is 111 Å². The molecule has 8 nitrogen and oxygen atoms in total. The molecule has 9 heteroatoms. The van der Waals surface area contributed by atoms with Gasteiger partial charge in [0, 0.05) is 10.8 Å². The summed E-state index contributed by atoms with van der Waals surface area (Å²) in [6.07, 6.45) is 7.66. The molecular weight excluding hydrogens is 268 g/mol. The third kappa shape index (κ3) is 4.32. The van der Waals surface area contributed by atoms with Crippen LogP contribution >= 0.6 is 0 Å². The summed E-state index contributed by atoms with van der Waals surface area (Å²) < 4.78 is 23.3.